The summed E-state index contributed by atoms with van der Waals surface area (Å²) in [4.78, 5) is 0. The fourth-order valence-corrected chi connectivity index (χ4v) is 7.21. The van der Waals surface area contributed by atoms with E-state index in [1.54, 1.807) is 0 Å². The molecule has 0 bridgehead atoms. The Labute approximate surface area is 128 Å². The van der Waals surface area contributed by atoms with Crippen LogP contribution in [0.2, 0.25) is 6.55 Å². The Morgan fingerprint density at radius 3 is 1.35 bits per heavy atom. The van der Waals surface area contributed by atoms with Crippen LogP contribution in [0.3, 0.4) is 0 Å². The zero-order valence-corrected chi connectivity index (χ0v) is 15.5. The lowest BCUT2D eigenvalue weighted by Crippen LogP contribution is -2.65. The van der Waals surface area contributed by atoms with Gasteiger partial charge in [0.1, 0.15) is 0 Å². The third-order valence-corrected chi connectivity index (χ3v) is 8.84. The Balaban J connectivity index is 5.50. The highest BCUT2D eigenvalue weighted by atomic mass is 28.3. The van der Waals surface area contributed by atoms with E-state index in [0.717, 1.165) is 0 Å². The van der Waals surface area contributed by atoms with Crippen molar-refractivity contribution >= 4 is 8.40 Å². The predicted octanol–water partition coefficient (Wildman–Crippen LogP) is 4.58. The Morgan fingerprint density at radius 2 is 1.15 bits per heavy atom. The van der Waals surface area contributed by atoms with E-state index in [9.17, 15) is 0 Å². The lowest BCUT2D eigenvalue weighted by atomic mass is 10.4. The number of nitrogens with zero attached hydrogens (tertiary/aromatic N) is 2. The first-order valence-corrected chi connectivity index (χ1v) is 10.7. The average molecular weight is 297 g/mol. The third-order valence-electron chi connectivity index (χ3n) is 4.06. The van der Waals surface area contributed by atoms with E-state index in [1.165, 1.54) is 57.1 Å². The minimum absolute atomic E-state index is 1.17. The van der Waals surface area contributed by atoms with Crippen molar-refractivity contribution in [3.63, 3.8) is 0 Å². The molecule has 3 heteroatoms. The number of rotatable bonds is 12. The van der Waals surface area contributed by atoms with Crippen LogP contribution in [-0.4, -0.2) is 43.7 Å². The highest BCUT2D eigenvalue weighted by Crippen LogP contribution is 2.25. The van der Waals surface area contributed by atoms with Gasteiger partial charge in [-0.1, -0.05) is 46.9 Å². The topological polar surface area (TPSA) is 6.48 Å². The molecule has 0 saturated carbocycles. The molecule has 0 rings (SSSR count). The van der Waals surface area contributed by atoms with Crippen molar-refractivity contribution in [2.45, 2.75) is 59.9 Å². The van der Waals surface area contributed by atoms with Crippen LogP contribution < -0.4 is 0 Å². The maximum atomic E-state index is 4.38. The molecule has 0 aromatic rings. The van der Waals surface area contributed by atoms with E-state index in [-0.39, 0.29) is 0 Å². The monoisotopic (exact) mass is 296 g/mol. The van der Waals surface area contributed by atoms with Gasteiger partial charge in [0.05, 0.1) is 0 Å². The molecule has 0 aromatic carbocycles. The molecular formula is C17H36N2Si. The van der Waals surface area contributed by atoms with Gasteiger partial charge in [-0.15, -0.1) is 0 Å². The van der Waals surface area contributed by atoms with E-state index in [2.05, 4.69) is 56.5 Å². The van der Waals surface area contributed by atoms with E-state index in [0.29, 0.717) is 0 Å². The SMILES string of the molecule is C=CC(=C)[Si](C)(N(CCC)CCC)N(CCC)CCC. The van der Waals surface area contributed by atoms with Gasteiger partial charge in [0.15, 0.2) is 0 Å². The number of allylic oxidation sites excluding steroid dienone is 2. The van der Waals surface area contributed by atoms with Crippen molar-refractivity contribution in [3.8, 4) is 0 Å². The molecule has 0 saturated heterocycles. The van der Waals surface area contributed by atoms with E-state index in [1.807, 2.05) is 6.08 Å². The van der Waals surface area contributed by atoms with Gasteiger partial charge in [-0.3, -0.25) is 0 Å². The summed E-state index contributed by atoms with van der Waals surface area (Å²) in [5.41, 5.74) is 0. The van der Waals surface area contributed by atoms with Gasteiger partial charge in [-0.05, 0) is 63.6 Å². The summed E-state index contributed by atoms with van der Waals surface area (Å²) in [5.74, 6) is 0. The van der Waals surface area contributed by atoms with E-state index in [4.69, 9.17) is 0 Å². The summed E-state index contributed by atoms with van der Waals surface area (Å²) < 4.78 is 5.45. The van der Waals surface area contributed by atoms with Crippen molar-refractivity contribution in [3.05, 3.63) is 24.4 Å². The minimum atomic E-state index is -1.84. The molecule has 0 aromatic heterocycles. The Bertz CT molecular complexity index is 261. The zero-order valence-electron chi connectivity index (χ0n) is 14.5. The first-order chi connectivity index (χ1) is 9.52. The van der Waals surface area contributed by atoms with Crippen molar-refractivity contribution in [1.29, 1.82) is 0 Å². The van der Waals surface area contributed by atoms with Crippen molar-refractivity contribution in [2.75, 3.05) is 26.2 Å². The summed E-state index contributed by atoms with van der Waals surface area (Å²) in [5, 5.41) is 1.27. The van der Waals surface area contributed by atoms with Crippen LogP contribution in [0.1, 0.15) is 53.4 Å². The van der Waals surface area contributed by atoms with Crippen LogP contribution >= 0.6 is 0 Å². The summed E-state index contributed by atoms with van der Waals surface area (Å²) in [6, 6.07) is 0. The smallest absolute Gasteiger partial charge is 0.235 e. The fraction of sp³-hybridized carbons (Fsp3) is 0.765. The molecule has 0 N–H and O–H groups in total. The normalized spacial score (nSPS) is 12.2. The zero-order chi connectivity index (χ0) is 15.6. The highest BCUT2D eigenvalue weighted by Gasteiger charge is 2.41. The molecule has 0 aliphatic rings. The second kappa shape index (κ2) is 10.4. The molecule has 0 amide bonds. The van der Waals surface area contributed by atoms with Crippen molar-refractivity contribution < 1.29 is 0 Å². The van der Waals surface area contributed by atoms with Gasteiger partial charge in [0.25, 0.3) is 0 Å². The average Bonchev–Trinajstić information content (AvgIpc) is 2.45. The van der Waals surface area contributed by atoms with Crippen LogP contribution in [0.15, 0.2) is 24.4 Å². The van der Waals surface area contributed by atoms with Gasteiger partial charge in [0, 0.05) is 0 Å². The first-order valence-electron chi connectivity index (χ1n) is 8.34. The molecule has 0 radical (unpaired) electrons. The Kier molecular flexibility index (Phi) is 10.2. The van der Waals surface area contributed by atoms with Gasteiger partial charge >= 0.3 is 0 Å². The predicted molar refractivity (Wildman–Crippen MR) is 95.3 cm³/mol. The third kappa shape index (κ3) is 4.87. The molecular weight excluding hydrogens is 260 g/mol. The number of hydrogen-bond acceptors (Lipinski definition) is 2. The Hall–Kier alpha value is -0.383. The summed E-state index contributed by atoms with van der Waals surface area (Å²) in [6.07, 6.45) is 6.83. The van der Waals surface area contributed by atoms with Crippen molar-refractivity contribution in [2.24, 2.45) is 0 Å². The Morgan fingerprint density at radius 1 is 0.850 bits per heavy atom. The molecule has 0 aliphatic carbocycles. The van der Waals surface area contributed by atoms with Gasteiger partial charge < -0.3 is 9.13 Å². The molecule has 0 atom stereocenters. The fourth-order valence-electron chi connectivity index (χ4n) is 2.97. The quantitative estimate of drug-likeness (QED) is 0.384. The molecule has 0 fully saturated rings. The van der Waals surface area contributed by atoms with Crippen LogP contribution in [0.4, 0.5) is 0 Å². The van der Waals surface area contributed by atoms with Crippen LogP contribution in [0, 0.1) is 0 Å². The van der Waals surface area contributed by atoms with Crippen LogP contribution in [0.25, 0.3) is 0 Å². The summed E-state index contributed by atoms with van der Waals surface area (Å²) in [7, 11) is -1.84. The van der Waals surface area contributed by atoms with Crippen molar-refractivity contribution in [1.82, 2.24) is 9.13 Å². The van der Waals surface area contributed by atoms with E-state index >= 15 is 0 Å². The lowest BCUT2D eigenvalue weighted by Gasteiger charge is -2.47. The minimum Gasteiger partial charge on any atom is -0.308 e. The molecule has 0 spiro atoms. The second-order valence-electron chi connectivity index (χ2n) is 5.72. The maximum absolute atomic E-state index is 4.38. The molecule has 0 aliphatic heterocycles. The lowest BCUT2D eigenvalue weighted by molar-refractivity contribution is 0.326. The van der Waals surface area contributed by atoms with Gasteiger partial charge in [-0.25, -0.2) is 0 Å². The maximum Gasteiger partial charge on any atom is 0.235 e. The number of hydrogen-bond donors (Lipinski definition) is 0. The highest BCUT2D eigenvalue weighted by molar-refractivity contribution is 6.80. The van der Waals surface area contributed by atoms with Crippen LogP contribution in [-0.2, 0) is 0 Å². The van der Waals surface area contributed by atoms with Gasteiger partial charge in [0.2, 0.25) is 8.40 Å². The standard InChI is InChI=1S/C17H36N2Si/c1-8-13-18(14-9-2)20(7,17(6)12-5)19(15-10-3)16-11-4/h12H,5-6,8-11,13-16H2,1-4,7H3. The summed E-state index contributed by atoms with van der Waals surface area (Å²) in [6.45, 7) is 24.7. The largest absolute Gasteiger partial charge is 0.308 e. The molecule has 118 valence electrons. The first kappa shape index (κ1) is 19.6. The molecule has 20 heavy (non-hydrogen) atoms. The van der Waals surface area contributed by atoms with Crippen LogP contribution in [0.5, 0.6) is 0 Å². The molecule has 0 heterocycles. The van der Waals surface area contributed by atoms with Gasteiger partial charge in [-0.2, -0.15) is 0 Å². The molecule has 2 nitrogen and oxygen atoms in total. The summed E-state index contributed by atoms with van der Waals surface area (Å²) >= 11 is 0. The second-order valence-corrected chi connectivity index (χ2v) is 9.67. The van der Waals surface area contributed by atoms with E-state index < -0.39 is 8.40 Å². The molecule has 0 unspecified atom stereocenters.